The van der Waals surface area contributed by atoms with Crippen LogP contribution in [0, 0.1) is 13.8 Å². The van der Waals surface area contributed by atoms with Gasteiger partial charge in [-0.3, -0.25) is 4.68 Å². The van der Waals surface area contributed by atoms with Gasteiger partial charge in [0.25, 0.3) is 0 Å². The van der Waals surface area contributed by atoms with Gasteiger partial charge in [0.05, 0.1) is 5.69 Å². The number of carboxylic acid groups (broad SMARTS) is 1. The first-order chi connectivity index (χ1) is 8.41. The number of hydrogen-bond acceptors (Lipinski definition) is 3. The van der Waals surface area contributed by atoms with Crippen LogP contribution < -0.4 is 0 Å². The molecule has 0 atom stereocenters. The lowest BCUT2D eigenvalue weighted by atomic mass is 9.99. The molecular formula is C13H14N2O3. The third-order valence-electron chi connectivity index (χ3n) is 3.07. The summed E-state index contributed by atoms with van der Waals surface area (Å²) in [5.74, 6) is -0.959. The van der Waals surface area contributed by atoms with Gasteiger partial charge in [-0.05, 0) is 37.1 Å². The molecule has 94 valence electrons. The summed E-state index contributed by atoms with van der Waals surface area (Å²) in [6, 6.07) is 4.89. The van der Waals surface area contributed by atoms with E-state index < -0.39 is 5.97 Å². The van der Waals surface area contributed by atoms with E-state index in [1.165, 1.54) is 10.7 Å². The number of benzene rings is 1. The number of phenolic OH excluding ortho intramolecular Hbond substituents is 1. The maximum Gasteiger partial charge on any atom is 0.356 e. The Labute approximate surface area is 104 Å². The van der Waals surface area contributed by atoms with Crippen molar-refractivity contribution < 1.29 is 15.0 Å². The number of hydrogen-bond donors (Lipinski definition) is 2. The summed E-state index contributed by atoms with van der Waals surface area (Å²) in [4.78, 5) is 10.9. The van der Waals surface area contributed by atoms with E-state index in [2.05, 4.69) is 5.10 Å². The van der Waals surface area contributed by atoms with Crippen LogP contribution in [0.2, 0.25) is 0 Å². The first kappa shape index (κ1) is 12.2. The smallest absolute Gasteiger partial charge is 0.356 e. The molecule has 0 bridgehead atoms. The Balaban J connectivity index is 2.69. The number of phenols is 1. The van der Waals surface area contributed by atoms with Gasteiger partial charge in [-0.1, -0.05) is 6.07 Å². The van der Waals surface area contributed by atoms with Crippen molar-refractivity contribution in [2.75, 3.05) is 0 Å². The average Bonchev–Trinajstić information content (AvgIpc) is 2.67. The molecule has 0 spiro atoms. The quantitative estimate of drug-likeness (QED) is 0.851. The molecule has 0 aliphatic heterocycles. The summed E-state index contributed by atoms with van der Waals surface area (Å²) in [7, 11) is 1.66. The summed E-state index contributed by atoms with van der Waals surface area (Å²) >= 11 is 0. The number of nitrogens with zero attached hydrogens (tertiary/aromatic N) is 2. The Morgan fingerprint density at radius 2 is 2.00 bits per heavy atom. The first-order valence-electron chi connectivity index (χ1n) is 5.48. The lowest BCUT2D eigenvalue weighted by molar-refractivity contribution is 0.0689. The molecule has 0 saturated heterocycles. The molecule has 0 saturated carbocycles. The molecule has 18 heavy (non-hydrogen) atoms. The van der Waals surface area contributed by atoms with Crippen LogP contribution >= 0.6 is 0 Å². The predicted octanol–water partition coefficient (Wildman–Crippen LogP) is 2.11. The highest BCUT2D eigenvalue weighted by molar-refractivity contribution is 5.87. The van der Waals surface area contributed by atoms with E-state index in [0.717, 1.165) is 11.1 Å². The number of aromatic nitrogens is 2. The van der Waals surface area contributed by atoms with Gasteiger partial charge in [-0.15, -0.1) is 0 Å². The van der Waals surface area contributed by atoms with E-state index in [4.69, 9.17) is 5.11 Å². The molecule has 1 aromatic heterocycles. The van der Waals surface area contributed by atoms with Gasteiger partial charge in [0.15, 0.2) is 5.69 Å². The number of aromatic carboxylic acids is 1. The SMILES string of the molecule is Cc1ccc(O)c(-c2cc(C(=O)O)nn2C)c1C. The second-order valence-corrected chi connectivity index (χ2v) is 4.25. The van der Waals surface area contributed by atoms with Crippen molar-refractivity contribution in [1.29, 1.82) is 0 Å². The normalized spacial score (nSPS) is 10.6. The maximum atomic E-state index is 10.9. The van der Waals surface area contributed by atoms with E-state index in [1.807, 2.05) is 19.9 Å². The van der Waals surface area contributed by atoms with Crippen molar-refractivity contribution in [3.63, 3.8) is 0 Å². The zero-order valence-electron chi connectivity index (χ0n) is 10.4. The first-order valence-corrected chi connectivity index (χ1v) is 5.48. The summed E-state index contributed by atoms with van der Waals surface area (Å²) in [5.41, 5.74) is 3.12. The Morgan fingerprint density at radius 3 is 2.56 bits per heavy atom. The predicted molar refractivity (Wildman–Crippen MR) is 66.7 cm³/mol. The van der Waals surface area contributed by atoms with Crippen LogP contribution in [0.4, 0.5) is 0 Å². The fourth-order valence-corrected chi connectivity index (χ4v) is 1.93. The molecule has 0 fully saturated rings. The number of aromatic hydroxyl groups is 1. The number of rotatable bonds is 2. The molecule has 2 rings (SSSR count). The molecule has 0 amide bonds. The van der Waals surface area contributed by atoms with Crippen LogP contribution in [-0.4, -0.2) is 26.0 Å². The summed E-state index contributed by atoms with van der Waals surface area (Å²) in [5, 5.41) is 22.8. The zero-order chi connectivity index (χ0) is 13.4. The van der Waals surface area contributed by atoms with Gasteiger partial charge in [0.1, 0.15) is 5.75 Å². The molecule has 1 heterocycles. The van der Waals surface area contributed by atoms with Crippen molar-refractivity contribution in [3.05, 3.63) is 35.0 Å². The second kappa shape index (κ2) is 4.18. The third-order valence-corrected chi connectivity index (χ3v) is 3.07. The summed E-state index contributed by atoms with van der Waals surface area (Å²) in [6.07, 6.45) is 0. The maximum absolute atomic E-state index is 10.9. The van der Waals surface area contributed by atoms with Crippen LogP contribution in [0.1, 0.15) is 21.6 Å². The van der Waals surface area contributed by atoms with Crippen LogP contribution in [0.15, 0.2) is 18.2 Å². The highest BCUT2D eigenvalue weighted by Gasteiger charge is 2.17. The molecule has 1 aromatic carbocycles. The standard InChI is InChI=1S/C13H14N2O3/c1-7-4-5-11(16)12(8(7)2)10-6-9(13(17)18)14-15(10)3/h4-6,16H,1-3H3,(H,17,18). The van der Waals surface area contributed by atoms with E-state index in [9.17, 15) is 9.90 Å². The van der Waals surface area contributed by atoms with Gasteiger partial charge in [0, 0.05) is 12.6 Å². The molecule has 2 N–H and O–H groups in total. The minimum Gasteiger partial charge on any atom is -0.507 e. The van der Waals surface area contributed by atoms with Gasteiger partial charge in [-0.2, -0.15) is 5.10 Å². The molecule has 5 nitrogen and oxygen atoms in total. The summed E-state index contributed by atoms with van der Waals surface area (Å²) < 4.78 is 1.46. The zero-order valence-corrected chi connectivity index (χ0v) is 10.4. The minimum absolute atomic E-state index is 0.0344. The minimum atomic E-state index is -1.08. The fraction of sp³-hybridized carbons (Fsp3) is 0.231. The van der Waals surface area contributed by atoms with Gasteiger partial charge < -0.3 is 10.2 Å². The molecular weight excluding hydrogens is 232 g/mol. The third kappa shape index (κ3) is 1.84. The summed E-state index contributed by atoms with van der Waals surface area (Å²) in [6.45, 7) is 3.82. The highest BCUT2D eigenvalue weighted by atomic mass is 16.4. The molecule has 0 unspecified atom stereocenters. The van der Waals surface area contributed by atoms with E-state index in [1.54, 1.807) is 13.1 Å². The molecule has 0 aliphatic rings. The molecule has 2 aromatic rings. The van der Waals surface area contributed by atoms with Crippen LogP contribution in [-0.2, 0) is 7.05 Å². The number of carboxylic acids is 1. The fourth-order valence-electron chi connectivity index (χ4n) is 1.93. The lowest BCUT2D eigenvalue weighted by Gasteiger charge is -2.10. The highest BCUT2D eigenvalue weighted by Crippen LogP contribution is 2.34. The number of aryl methyl sites for hydroxylation is 2. The number of carbonyl (C=O) groups is 1. The van der Waals surface area contributed by atoms with Crippen molar-refractivity contribution in [2.24, 2.45) is 7.05 Å². The Kier molecular flexibility index (Phi) is 2.82. The van der Waals surface area contributed by atoms with E-state index in [0.29, 0.717) is 11.3 Å². The Morgan fingerprint density at radius 1 is 1.33 bits per heavy atom. The Hall–Kier alpha value is -2.30. The van der Waals surface area contributed by atoms with Crippen LogP contribution in [0.25, 0.3) is 11.3 Å². The lowest BCUT2D eigenvalue weighted by Crippen LogP contribution is -1.99. The van der Waals surface area contributed by atoms with E-state index >= 15 is 0 Å². The van der Waals surface area contributed by atoms with Crippen LogP contribution in [0.3, 0.4) is 0 Å². The topological polar surface area (TPSA) is 75.3 Å². The van der Waals surface area contributed by atoms with Crippen LogP contribution in [0.5, 0.6) is 5.75 Å². The average molecular weight is 246 g/mol. The van der Waals surface area contributed by atoms with E-state index in [-0.39, 0.29) is 11.4 Å². The molecule has 5 heteroatoms. The largest absolute Gasteiger partial charge is 0.507 e. The second-order valence-electron chi connectivity index (χ2n) is 4.25. The van der Waals surface area contributed by atoms with Gasteiger partial charge >= 0.3 is 5.97 Å². The van der Waals surface area contributed by atoms with Crippen molar-refractivity contribution in [3.8, 4) is 17.0 Å². The molecule has 0 aliphatic carbocycles. The van der Waals surface area contributed by atoms with Crippen molar-refractivity contribution in [2.45, 2.75) is 13.8 Å². The molecule has 0 radical (unpaired) electrons. The van der Waals surface area contributed by atoms with Gasteiger partial charge in [-0.25, -0.2) is 4.79 Å². The van der Waals surface area contributed by atoms with Gasteiger partial charge in [0.2, 0.25) is 0 Å². The van der Waals surface area contributed by atoms with Crippen molar-refractivity contribution >= 4 is 5.97 Å². The monoisotopic (exact) mass is 246 g/mol. The van der Waals surface area contributed by atoms with Crippen molar-refractivity contribution in [1.82, 2.24) is 9.78 Å². The Bertz CT molecular complexity index is 629.